The molecule has 28 heavy (non-hydrogen) atoms. The molecule has 0 bridgehead atoms. The molecular formula is C19H17N3O4S2. The van der Waals surface area contributed by atoms with Crippen molar-refractivity contribution >= 4 is 39.1 Å². The van der Waals surface area contributed by atoms with E-state index >= 15 is 0 Å². The summed E-state index contributed by atoms with van der Waals surface area (Å²) in [5.74, 6) is 0.479. The first-order valence-corrected chi connectivity index (χ1v) is 10.9. The third-order valence-corrected chi connectivity index (χ3v) is 6.75. The Labute approximate surface area is 166 Å². The first kappa shape index (κ1) is 18.6. The predicted octanol–water partition coefficient (Wildman–Crippen LogP) is 3.97. The Hall–Kier alpha value is -2.78. The average Bonchev–Trinajstić information content (AvgIpc) is 3.13. The molecule has 1 aliphatic rings. The van der Waals surface area contributed by atoms with Crippen LogP contribution in [0.5, 0.6) is 0 Å². The second kappa shape index (κ2) is 7.33. The third kappa shape index (κ3) is 3.90. The van der Waals surface area contributed by atoms with Gasteiger partial charge < -0.3 is 9.84 Å². The highest BCUT2D eigenvalue weighted by molar-refractivity contribution is 8.00. The van der Waals surface area contributed by atoms with Gasteiger partial charge in [-0.25, -0.2) is 8.42 Å². The first-order valence-electron chi connectivity index (χ1n) is 8.55. The number of carbonyl (C=O) groups excluding carboxylic acids is 1. The lowest BCUT2D eigenvalue weighted by atomic mass is 10.1. The van der Waals surface area contributed by atoms with Crippen LogP contribution in [0.2, 0.25) is 0 Å². The molecule has 3 aromatic rings. The highest BCUT2D eigenvalue weighted by atomic mass is 32.2. The minimum Gasteiger partial charge on any atom is -0.356 e. The normalized spacial score (nSPS) is 16.8. The molecule has 0 unspecified atom stereocenters. The molecule has 0 radical (unpaired) electrons. The lowest BCUT2D eigenvalue weighted by Gasteiger charge is -2.12. The van der Waals surface area contributed by atoms with Crippen LogP contribution in [0.15, 0.2) is 69.0 Å². The predicted molar refractivity (Wildman–Crippen MR) is 108 cm³/mol. The molecule has 4 rings (SSSR count). The van der Waals surface area contributed by atoms with E-state index in [2.05, 4.69) is 15.2 Å². The Morgan fingerprint density at radius 3 is 2.68 bits per heavy atom. The largest absolute Gasteiger partial charge is 0.356 e. The molecule has 0 spiro atoms. The van der Waals surface area contributed by atoms with Crippen LogP contribution in [0.25, 0.3) is 11.3 Å². The zero-order chi connectivity index (χ0) is 19.7. The van der Waals surface area contributed by atoms with Crippen molar-refractivity contribution in [2.75, 3.05) is 10.0 Å². The van der Waals surface area contributed by atoms with E-state index in [1.54, 1.807) is 60.4 Å². The number of hydrogen-bond donors (Lipinski definition) is 2. The number of nitrogens with zero attached hydrogens (tertiary/aromatic N) is 1. The Morgan fingerprint density at radius 1 is 1.18 bits per heavy atom. The van der Waals surface area contributed by atoms with Gasteiger partial charge in [-0.3, -0.25) is 9.52 Å². The Bertz CT molecular complexity index is 1110. The molecule has 2 N–H and O–H groups in total. The molecule has 0 saturated heterocycles. The summed E-state index contributed by atoms with van der Waals surface area (Å²) >= 11 is 1.55. The SMILES string of the molecule is C[C@H]1CC(=O)Nc2cc(S(=O)(=O)Nc3ccc(-c4ccno4)cc3)ccc2S1. The maximum Gasteiger partial charge on any atom is 0.261 e. The molecule has 1 aromatic heterocycles. The maximum atomic E-state index is 12.8. The standard InChI is InChI=1S/C19H17N3O4S2/c1-12-10-19(23)21-16-11-15(6-7-18(16)27-12)28(24,25)22-14-4-2-13(3-5-14)17-8-9-20-26-17/h2-9,11-12,22H,10H2,1H3,(H,21,23)/t12-/m0/s1. The summed E-state index contributed by atoms with van der Waals surface area (Å²) < 4.78 is 33.2. The summed E-state index contributed by atoms with van der Waals surface area (Å²) in [6.07, 6.45) is 1.93. The fraction of sp³-hybridized carbons (Fsp3) is 0.158. The van der Waals surface area contributed by atoms with E-state index in [4.69, 9.17) is 4.52 Å². The maximum absolute atomic E-state index is 12.8. The van der Waals surface area contributed by atoms with E-state index in [0.29, 0.717) is 23.6 Å². The zero-order valence-corrected chi connectivity index (χ0v) is 16.5. The monoisotopic (exact) mass is 415 g/mol. The second-order valence-electron chi connectivity index (χ2n) is 6.40. The average molecular weight is 415 g/mol. The van der Waals surface area contributed by atoms with Gasteiger partial charge in [-0.05, 0) is 42.5 Å². The van der Waals surface area contributed by atoms with Crippen molar-refractivity contribution in [2.45, 2.75) is 28.4 Å². The van der Waals surface area contributed by atoms with E-state index in [0.717, 1.165) is 10.5 Å². The molecule has 0 saturated carbocycles. The molecule has 9 heteroatoms. The Kier molecular flexibility index (Phi) is 4.86. The number of benzene rings is 2. The van der Waals surface area contributed by atoms with Crippen LogP contribution in [0, 0.1) is 0 Å². The highest BCUT2D eigenvalue weighted by Crippen LogP contribution is 2.36. The van der Waals surface area contributed by atoms with Gasteiger partial charge in [0.25, 0.3) is 10.0 Å². The van der Waals surface area contributed by atoms with Gasteiger partial charge >= 0.3 is 0 Å². The molecule has 1 atom stereocenters. The summed E-state index contributed by atoms with van der Waals surface area (Å²) in [5, 5.41) is 6.57. The van der Waals surface area contributed by atoms with Gasteiger partial charge in [-0.2, -0.15) is 0 Å². The third-order valence-electron chi connectivity index (χ3n) is 4.20. The Morgan fingerprint density at radius 2 is 1.96 bits per heavy atom. The van der Waals surface area contributed by atoms with E-state index < -0.39 is 10.0 Å². The molecule has 1 amide bonds. The molecule has 0 aliphatic carbocycles. The van der Waals surface area contributed by atoms with Gasteiger partial charge in [-0.15, -0.1) is 11.8 Å². The van der Waals surface area contributed by atoms with Gasteiger partial charge in [0.05, 0.1) is 16.8 Å². The Balaban J connectivity index is 1.58. The summed E-state index contributed by atoms with van der Waals surface area (Å²) in [6.45, 7) is 1.97. The number of carbonyl (C=O) groups is 1. The number of thioether (sulfide) groups is 1. The topological polar surface area (TPSA) is 101 Å². The lowest BCUT2D eigenvalue weighted by molar-refractivity contribution is -0.116. The smallest absolute Gasteiger partial charge is 0.261 e. The van der Waals surface area contributed by atoms with Crippen LogP contribution < -0.4 is 10.0 Å². The highest BCUT2D eigenvalue weighted by Gasteiger charge is 2.22. The zero-order valence-electron chi connectivity index (χ0n) is 14.9. The number of fused-ring (bicyclic) bond motifs is 1. The number of sulfonamides is 1. The van der Waals surface area contributed by atoms with Crippen LogP contribution in [-0.4, -0.2) is 24.7 Å². The summed E-state index contributed by atoms with van der Waals surface area (Å²) in [7, 11) is -3.80. The lowest BCUT2D eigenvalue weighted by Crippen LogP contribution is -2.15. The van der Waals surface area contributed by atoms with Crippen molar-refractivity contribution in [1.29, 1.82) is 0 Å². The number of amides is 1. The van der Waals surface area contributed by atoms with E-state index in [-0.39, 0.29) is 16.1 Å². The van der Waals surface area contributed by atoms with Crippen LogP contribution >= 0.6 is 11.8 Å². The first-order chi connectivity index (χ1) is 13.4. The number of aromatic nitrogens is 1. The molecule has 7 nitrogen and oxygen atoms in total. The van der Waals surface area contributed by atoms with Gasteiger partial charge in [0, 0.05) is 33.9 Å². The quantitative estimate of drug-likeness (QED) is 0.669. The fourth-order valence-corrected chi connectivity index (χ4v) is 5.01. The van der Waals surface area contributed by atoms with Crippen LogP contribution in [0.1, 0.15) is 13.3 Å². The van der Waals surface area contributed by atoms with Crippen LogP contribution in [-0.2, 0) is 14.8 Å². The number of rotatable bonds is 4. The number of hydrogen-bond acceptors (Lipinski definition) is 6. The van der Waals surface area contributed by atoms with Crippen LogP contribution in [0.4, 0.5) is 11.4 Å². The molecular weight excluding hydrogens is 398 g/mol. The van der Waals surface area contributed by atoms with Crippen molar-refractivity contribution in [2.24, 2.45) is 0 Å². The van der Waals surface area contributed by atoms with E-state index in [1.165, 1.54) is 6.07 Å². The van der Waals surface area contributed by atoms with Gasteiger partial charge in [0.2, 0.25) is 5.91 Å². The van der Waals surface area contributed by atoms with Crippen molar-refractivity contribution < 1.29 is 17.7 Å². The van der Waals surface area contributed by atoms with Gasteiger partial charge in [0.15, 0.2) is 5.76 Å². The van der Waals surface area contributed by atoms with Gasteiger partial charge in [-0.1, -0.05) is 12.1 Å². The van der Waals surface area contributed by atoms with E-state index in [9.17, 15) is 13.2 Å². The van der Waals surface area contributed by atoms with Crippen molar-refractivity contribution in [3.63, 3.8) is 0 Å². The second-order valence-corrected chi connectivity index (χ2v) is 9.56. The molecule has 2 heterocycles. The van der Waals surface area contributed by atoms with Gasteiger partial charge in [0.1, 0.15) is 0 Å². The fourth-order valence-electron chi connectivity index (χ4n) is 2.88. The number of nitrogens with one attached hydrogen (secondary N) is 2. The summed E-state index contributed by atoms with van der Waals surface area (Å²) in [4.78, 5) is 12.9. The molecule has 2 aromatic carbocycles. The summed E-state index contributed by atoms with van der Waals surface area (Å²) in [5.41, 5.74) is 1.73. The minimum atomic E-state index is -3.80. The van der Waals surface area contributed by atoms with Crippen molar-refractivity contribution in [1.82, 2.24) is 5.16 Å². The van der Waals surface area contributed by atoms with Crippen molar-refractivity contribution in [3.05, 3.63) is 54.7 Å². The van der Waals surface area contributed by atoms with Crippen molar-refractivity contribution in [3.8, 4) is 11.3 Å². The molecule has 1 aliphatic heterocycles. The summed E-state index contributed by atoms with van der Waals surface area (Å²) in [6, 6.07) is 13.3. The molecule has 144 valence electrons. The number of anilines is 2. The van der Waals surface area contributed by atoms with Crippen LogP contribution in [0.3, 0.4) is 0 Å². The molecule has 0 fully saturated rings. The van der Waals surface area contributed by atoms with E-state index in [1.807, 2.05) is 6.92 Å². The minimum absolute atomic E-state index is 0.0843.